The maximum absolute atomic E-state index is 13.3. The van der Waals surface area contributed by atoms with Crippen LogP contribution in [-0.4, -0.2) is 108 Å². The molecule has 0 bridgehead atoms. The fourth-order valence-electron chi connectivity index (χ4n) is 3.10. The highest BCUT2D eigenvalue weighted by atomic mass is 32.2. The number of sulfonamides is 1. The van der Waals surface area contributed by atoms with Crippen LogP contribution in [-0.2, 0) is 48.0 Å². The molecule has 0 aliphatic rings. The van der Waals surface area contributed by atoms with Gasteiger partial charge in [0.25, 0.3) is 5.69 Å². The van der Waals surface area contributed by atoms with Crippen molar-refractivity contribution in [3.8, 4) is 0 Å². The van der Waals surface area contributed by atoms with Crippen molar-refractivity contribution in [2.45, 2.75) is 44.1 Å². The number of carbonyl (C=O) groups is 2. The Morgan fingerprint density at radius 1 is 0.825 bits per heavy atom. The Morgan fingerprint density at radius 3 is 1.77 bits per heavy atom. The van der Waals surface area contributed by atoms with Gasteiger partial charge in [0.2, 0.25) is 10.0 Å². The molecular weight excluding hydrogens is 552 g/mol. The van der Waals surface area contributed by atoms with E-state index in [4.69, 9.17) is 23.7 Å². The number of hydrogen-bond acceptors (Lipinski definition) is 12. The molecule has 1 aromatic carbocycles. The van der Waals surface area contributed by atoms with E-state index in [0.717, 1.165) is 10.4 Å². The first-order valence-corrected chi connectivity index (χ1v) is 14.2. The molecule has 228 valence electrons. The lowest BCUT2D eigenvalue weighted by atomic mass is 10.2. The lowest BCUT2D eigenvalue weighted by Crippen LogP contribution is -2.37. The van der Waals surface area contributed by atoms with Crippen LogP contribution >= 0.6 is 0 Å². The Balaban J connectivity index is 2.57. The van der Waals surface area contributed by atoms with Crippen molar-refractivity contribution in [1.82, 2.24) is 4.31 Å². The predicted molar refractivity (Wildman–Crippen MR) is 142 cm³/mol. The average molecular weight is 593 g/mol. The summed E-state index contributed by atoms with van der Waals surface area (Å²) in [6.07, 6.45) is 0.197. The van der Waals surface area contributed by atoms with Crippen LogP contribution in [0.25, 0.3) is 0 Å². The van der Waals surface area contributed by atoms with Crippen LogP contribution in [0, 0.1) is 10.1 Å². The minimum atomic E-state index is -4.25. The van der Waals surface area contributed by atoms with Crippen molar-refractivity contribution in [3.63, 3.8) is 0 Å². The fourth-order valence-corrected chi connectivity index (χ4v) is 4.67. The normalized spacial score (nSPS) is 11.9. The van der Waals surface area contributed by atoms with Gasteiger partial charge in [0.1, 0.15) is 5.60 Å². The Kier molecular flexibility index (Phi) is 16.4. The number of methoxy groups -OCH3 is 1. The number of nitrogens with zero attached hydrogens (tertiary/aromatic N) is 2. The zero-order chi connectivity index (χ0) is 30.0. The number of benzene rings is 1. The smallest absolute Gasteiger partial charge is 0.308 e. The summed E-state index contributed by atoms with van der Waals surface area (Å²) in [6, 6.07) is 5.09. The Hall–Kier alpha value is -2.69. The largest absolute Gasteiger partial charge is 0.469 e. The van der Waals surface area contributed by atoms with Crippen LogP contribution in [0.4, 0.5) is 5.69 Å². The van der Waals surface area contributed by atoms with Gasteiger partial charge < -0.3 is 28.4 Å². The highest BCUT2D eigenvalue weighted by Crippen LogP contribution is 2.26. The van der Waals surface area contributed by atoms with E-state index in [1.807, 2.05) is 0 Å². The molecule has 0 amide bonds. The number of rotatable bonds is 21. The Bertz CT molecular complexity index is 1030. The lowest BCUT2D eigenvalue weighted by molar-refractivity contribution is -0.387. The van der Waals surface area contributed by atoms with Gasteiger partial charge in [0.15, 0.2) is 4.90 Å². The van der Waals surface area contributed by atoms with E-state index in [1.165, 1.54) is 25.3 Å². The molecule has 15 heteroatoms. The third-order valence-corrected chi connectivity index (χ3v) is 6.89. The third-order valence-electron chi connectivity index (χ3n) is 4.94. The summed E-state index contributed by atoms with van der Waals surface area (Å²) in [6.45, 7) is 6.10. The second-order valence-corrected chi connectivity index (χ2v) is 11.1. The third kappa shape index (κ3) is 14.6. The lowest BCUT2D eigenvalue weighted by Gasteiger charge is -2.22. The van der Waals surface area contributed by atoms with Gasteiger partial charge in [-0.05, 0) is 26.8 Å². The summed E-state index contributed by atoms with van der Waals surface area (Å²) in [4.78, 5) is 33.0. The molecule has 40 heavy (non-hydrogen) atoms. The van der Waals surface area contributed by atoms with Crippen LogP contribution in [0.2, 0.25) is 0 Å². The van der Waals surface area contributed by atoms with Gasteiger partial charge in [-0.25, -0.2) is 8.42 Å². The van der Waals surface area contributed by atoms with Crippen LogP contribution in [0.1, 0.15) is 33.6 Å². The fraction of sp³-hybridized carbons (Fsp3) is 0.680. The number of para-hydroxylation sites is 1. The van der Waals surface area contributed by atoms with E-state index in [2.05, 4.69) is 4.74 Å². The Morgan fingerprint density at radius 2 is 1.30 bits per heavy atom. The minimum absolute atomic E-state index is 0.00595. The molecule has 1 aromatic rings. The first-order chi connectivity index (χ1) is 18.9. The number of esters is 2. The molecule has 0 heterocycles. The van der Waals surface area contributed by atoms with E-state index in [1.54, 1.807) is 20.8 Å². The van der Waals surface area contributed by atoms with Crippen LogP contribution in [0.3, 0.4) is 0 Å². The average Bonchev–Trinajstić information content (AvgIpc) is 2.88. The predicted octanol–water partition coefficient (Wildman–Crippen LogP) is 1.95. The standard InChI is InChI=1S/C25H40N2O12S/c1-25(2,3)39-24(29)10-14-36-18-20-38-16-12-26(11-15-37-19-17-35-13-9-23(28)34-4)40(32,33)22-8-6-5-7-21(22)27(30)31/h5-8H,9-20H2,1-4H3. The van der Waals surface area contributed by atoms with Crippen molar-refractivity contribution < 1.29 is 51.4 Å². The second-order valence-electron chi connectivity index (χ2n) is 9.24. The van der Waals surface area contributed by atoms with Gasteiger partial charge in [0, 0.05) is 19.2 Å². The minimum Gasteiger partial charge on any atom is -0.469 e. The van der Waals surface area contributed by atoms with Gasteiger partial charge in [-0.1, -0.05) is 12.1 Å². The molecule has 0 radical (unpaired) electrons. The van der Waals surface area contributed by atoms with Crippen LogP contribution < -0.4 is 0 Å². The molecule has 0 atom stereocenters. The molecule has 1 rings (SSSR count). The highest BCUT2D eigenvalue weighted by Gasteiger charge is 2.31. The first-order valence-electron chi connectivity index (χ1n) is 12.7. The Labute approximate surface area is 235 Å². The summed E-state index contributed by atoms with van der Waals surface area (Å²) >= 11 is 0. The van der Waals surface area contributed by atoms with Crippen molar-refractivity contribution in [3.05, 3.63) is 34.4 Å². The zero-order valence-electron chi connectivity index (χ0n) is 23.5. The number of nitro benzene ring substituents is 1. The summed E-state index contributed by atoms with van der Waals surface area (Å²) in [7, 11) is -2.97. The summed E-state index contributed by atoms with van der Waals surface area (Å²) in [5, 5.41) is 11.4. The van der Waals surface area contributed by atoms with E-state index < -0.39 is 37.1 Å². The summed E-state index contributed by atoms with van der Waals surface area (Å²) in [5.74, 6) is -0.773. The molecule has 0 N–H and O–H groups in total. The topological polar surface area (TPSA) is 170 Å². The molecule has 14 nitrogen and oxygen atoms in total. The first kappa shape index (κ1) is 35.3. The number of nitro groups is 1. The molecule has 0 fully saturated rings. The molecule has 0 saturated heterocycles. The molecule has 0 aliphatic heterocycles. The monoisotopic (exact) mass is 592 g/mol. The number of ether oxygens (including phenoxy) is 6. The van der Waals surface area contributed by atoms with E-state index in [9.17, 15) is 28.1 Å². The molecule has 0 spiro atoms. The molecule has 0 aromatic heterocycles. The van der Waals surface area contributed by atoms with Gasteiger partial charge in [0.05, 0.1) is 77.7 Å². The number of hydrogen-bond donors (Lipinski definition) is 0. The van der Waals surface area contributed by atoms with Crippen molar-refractivity contribution in [2.75, 3.05) is 73.1 Å². The summed E-state index contributed by atoms with van der Waals surface area (Å²) < 4.78 is 58.9. The maximum Gasteiger partial charge on any atom is 0.308 e. The van der Waals surface area contributed by atoms with E-state index >= 15 is 0 Å². The number of carbonyl (C=O) groups excluding carboxylic acids is 2. The second kappa shape index (κ2) is 18.6. The zero-order valence-corrected chi connectivity index (χ0v) is 24.3. The quantitative estimate of drug-likeness (QED) is 0.0881. The summed E-state index contributed by atoms with van der Waals surface area (Å²) in [5.41, 5.74) is -1.11. The van der Waals surface area contributed by atoms with Gasteiger partial charge in [-0.2, -0.15) is 4.31 Å². The van der Waals surface area contributed by atoms with Crippen molar-refractivity contribution in [1.29, 1.82) is 0 Å². The van der Waals surface area contributed by atoms with Gasteiger partial charge in [-0.15, -0.1) is 0 Å². The van der Waals surface area contributed by atoms with Crippen molar-refractivity contribution in [2.24, 2.45) is 0 Å². The molecule has 0 unspecified atom stereocenters. The van der Waals surface area contributed by atoms with Gasteiger partial charge >= 0.3 is 11.9 Å². The van der Waals surface area contributed by atoms with E-state index in [0.29, 0.717) is 0 Å². The highest BCUT2D eigenvalue weighted by molar-refractivity contribution is 7.89. The van der Waals surface area contributed by atoms with E-state index in [-0.39, 0.29) is 84.8 Å². The van der Waals surface area contributed by atoms with Crippen LogP contribution in [0.5, 0.6) is 0 Å². The van der Waals surface area contributed by atoms with Crippen LogP contribution in [0.15, 0.2) is 29.2 Å². The molecule has 0 saturated carbocycles. The SMILES string of the molecule is COC(=O)CCOCCOCCN(CCOCCOCCC(=O)OC(C)(C)C)S(=O)(=O)c1ccccc1[N+](=O)[O-]. The van der Waals surface area contributed by atoms with Gasteiger partial charge in [-0.3, -0.25) is 19.7 Å². The molecular formula is C25H40N2O12S. The molecule has 0 aliphatic carbocycles. The maximum atomic E-state index is 13.3. The van der Waals surface area contributed by atoms with Crippen molar-refractivity contribution >= 4 is 27.6 Å².